The third kappa shape index (κ3) is 6.77. The van der Waals surface area contributed by atoms with E-state index in [0.29, 0.717) is 49.0 Å². The van der Waals surface area contributed by atoms with E-state index >= 15 is 0 Å². The van der Waals surface area contributed by atoms with E-state index in [2.05, 4.69) is 39.9 Å². The molecular weight excluding hydrogens is 590 g/mol. The number of nitrogens with zero attached hydrogens (tertiary/aromatic N) is 5. The van der Waals surface area contributed by atoms with Crippen molar-refractivity contribution >= 4 is 29.0 Å². The van der Waals surface area contributed by atoms with E-state index in [1.807, 2.05) is 62.1 Å². The Bertz CT molecular complexity index is 1590. The van der Waals surface area contributed by atoms with Crippen LogP contribution >= 0.6 is 0 Å². The molecule has 2 aliphatic heterocycles. The van der Waals surface area contributed by atoms with Gasteiger partial charge in [-0.25, -0.2) is 9.78 Å². The van der Waals surface area contributed by atoms with E-state index < -0.39 is 42.8 Å². The van der Waals surface area contributed by atoms with Gasteiger partial charge in [-0.3, -0.25) is 4.57 Å². The molecule has 2 aromatic carbocycles. The fourth-order valence-electron chi connectivity index (χ4n) is 6.00. The largest absolute Gasteiger partial charge is 0.444 e. The van der Waals surface area contributed by atoms with Crippen molar-refractivity contribution in [2.45, 2.75) is 69.3 Å². The number of benzene rings is 2. The lowest BCUT2D eigenvalue weighted by molar-refractivity contribution is -0.0511. The topological polar surface area (TPSA) is 167 Å². The Balaban J connectivity index is 1.33. The van der Waals surface area contributed by atoms with Crippen molar-refractivity contribution in [3.63, 3.8) is 0 Å². The Morgan fingerprint density at radius 2 is 1.72 bits per heavy atom. The van der Waals surface area contributed by atoms with E-state index in [1.165, 1.54) is 6.33 Å². The number of alkyl carbamates (subject to hydrolysis) is 1. The molecule has 13 nitrogen and oxygen atoms in total. The molecule has 4 aromatic rings. The molecule has 5 atom stereocenters. The van der Waals surface area contributed by atoms with Crippen molar-refractivity contribution < 1.29 is 29.6 Å². The highest BCUT2D eigenvalue weighted by Gasteiger charge is 2.44. The molecule has 2 aromatic heterocycles. The van der Waals surface area contributed by atoms with Gasteiger partial charge in [0.15, 0.2) is 23.2 Å². The molecule has 0 spiro atoms. The summed E-state index contributed by atoms with van der Waals surface area (Å²) in [6, 6.07) is 20.3. The second kappa shape index (κ2) is 13.2. The summed E-state index contributed by atoms with van der Waals surface area (Å²) in [6.07, 6.45) is -2.87. The molecule has 0 unspecified atom stereocenters. The van der Waals surface area contributed by atoms with Gasteiger partial charge in [0.2, 0.25) is 5.95 Å². The molecule has 46 heavy (non-hydrogen) atoms. The van der Waals surface area contributed by atoms with Crippen LogP contribution in [0.15, 0.2) is 67.0 Å². The van der Waals surface area contributed by atoms with Crippen LogP contribution < -0.4 is 15.5 Å². The number of carbonyl (C=O) groups excluding carboxylic acids is 1. The van der Waals surface area contributed by atoms with Gasteiger partial charge in [-0.15, -0.1) is 0 Å². The molecule has 2 aliphatic rings. The molecule has 0 saturated carbocycles. The minimum absolute atomic E-state index is 0.00703. The van der Waals surface area contributed by atoms with Crippen molar-refractivity contribution in [2.24, 2.45) is 0 Å². The van der Waals surface area contributed by atoms with Gasteiger partial charge in [0, 0.05) is 25.6 Å². The SMILES string of the molecule is CC(C)(C)OC(=O)N[C@H]1CCN(c2nc(NCC(c3ccccc3)c3ccccc3)c3ncn([C@@H]4O[C@H](CO)[C@@H](O)[C@H]4O)c3n2)C1. The Morgan fingerprint density at radius 1 is 1.04 bits per heavy atom. The number of carbonyl (C=O) groups is 1. The van der Waals surface area contributed by atoms with Crippen molar-refractivity contribution in [3.8, 4) is 0 Å². The maximum atomic E-state index is 12.5. The van der Waals surface area contributed by atoms with Gasteiger partial charge < -0.3 is 40.3 Å². The quantitative estimate of drug-likeness (QED) is 0.184. The molecule has 1 amide bonds. The van der Waals surface area contributed by atoms with Crippen LogP contribution in [0.1, 0.15) is 50.5 Å². The summed E-state index contributed by atoms with van der Waals surface area (Å²) >= 11 is 0. The van der Waals surface area contributed by atoms with Crippen molar-refractivity contribution in [1.29, 1.82) is 0 Å². The maximum absolute atomic E-state index is 12.5. The molecule has 13 heteroatoms. The van der Waals surface area contributed by atoms with Crippen LogP contribution in [0.3, 0.4) is 0 Å². The second-order valence-corrected chi connectivity index (χ2v) is 12.8. The van der Waals surface area contributed by atoms with Gasteiger partial charge in [0.05, 0.1) is 19.0 Å². The third-order valence-electron chi connectivity index (χ3n) is 8.27. The van der Waals surface area contributed by atoms with Crippen LogP contribution in [0.4, 0.5) is 16.6 Å². The van der Waals surface area contributed by atoms with Gasteiger partial charge in [-0.05, 0) is 38.3 Å². The van der Waals surface area contributed by atoms with E-state index in [9.17, 15) is 20.1 Å². The number of ether oxygens (including phenoxy) is 2. The molecule has 4 heterocycles. The van der Waals surface area contributed by atoms with Crippen LogP contribution in [-0.2, 0) is 9.47 Å². The highest BCUT2D eigenvalue weighted by Crippen LogP contribution is 2.34. The van der Waals surface area contributed by atoms with Crippen LogP contribution in [0, 0.1) is 0 Å². The number of fused-ring (bicyclic) bond motifs is 1. The molecule has 0 bridgehead atoms. The van der Waals surface area contributed by atoms with E-state index in [-0.39, 0.29) is 12.0 Å². The van der Waals surface area contributed by atoms with Crippen molar-refractivity contribution in [1.82, 2.24) is 24.8 Å². The Kier molecular flexibility index (Phi) is 9.09. The molecular formula is C33H41N7O6. The lowest BCUT2D eigenvalue weighted by Gasteiger charge is -2.23. The first-order valence-electron chi connectivity index (χ1n) is 15.6. The number of hydrogen-bond donors (Lipinski definition) is 5. The Morgan fingerprint density at radius 3 is 2.33 bits per heavy atom. The Hall–Kier alpha value is -4.30. The monoisotopic (exact) mass is 631 g/mol. The number of imidazole rings is 1. The molecule has 244 valence electrons. The zero-order chi connectivity index (χ0) is 32.4. The third-order valence-corrected chi connectivity index (χ3v) is 8.27. The fourth-order valence-corrected chi connectivity index (χ4v) is 6.00. The highest BCUT2D eigenvalue weighted by atomic mass is 16.6. The average Bonchev–Trinajstić information content (AvgIpc) is 3.75. The van der Waals surface area contributed by atoms with Crippen LogP contribution in [0.25, 0.3) is 11.2 Å². The predicted octanol–water partition coefficient (Wildman–Crippen LogP) is 2.79. The first kappa shape index (κ1) is 31.7. The zero-order valence-electron chi connectivity index (χ0n) is 26.2. The number of aromatic nitrogens is 4. The van der Waals surface area contributed by atoms with Crippen LogP contribution in [-0.4, -0.2) is 97.1 Å². The minimum atomic E-state index is -1.31. The van der Waals surface area contributed by atoms with E-state index in [0.717, 1.165) is 11.1 Å². The number of aliphatic hydroxyl groups is 3. The van der Waals surface area contributed by atoms with E-state index in [1.54, 1.807) is 4.57 Å². The lowest BCUT2D eigenvalue weighted by atomic mass is 9.91. The van der Waals surface area contributed by atoms with Gasteiger partial charge in [-0.1, -0.05) is 60.7 Å². The van der Waals surface area contributed by atoms with Crippen LogP contribution in [0.2, 0.25) is 0 Å². The minimum Gasteiger partial charge on any atom is -0.444 e. The molecule has 5 N–H and O–H groups in total. The average molecular weight is 632 g/mol. The summed E-state index contributed by atoms with van der Waals surface area (Å²) in [5.41, 5.74) is 2.52. The number of rotatable bonds is 9. The predicted molar refractivity (Wildman–Crippen MR) is 172 cm³/mol. The number of nitrogens with one attached hydrogen (secondary N) is 2. The fraction of sp³-hybridized carbons (Fsp3) is 0.455. The van der Waals surface area contributed by atoms with Gasteiger partial charge in [-0.2, -0.15) is 9.97 Å². The van der Waals surface area contributed by atoms with Crippen molar-refractivity contribution in [2.75, 3.05) is 36.5 Å². The molecule has 2 fully saturated rings. The zero-order valence-corrected chi connectivity index (χ0v) is 26.2. The summed E-state index contributed by atoms with van der Waals surface area (Å²) in [5.74, 6) is 0.909. The number of aliphatic hydroxyl groups excluding tert-OH is 3. The normalized spacial score (nSPS) is 23.3. The first-order valence-corrected chi connectivity index (χ1v) is 15.6. The van der Waals surface area contributed by atoms with Crippen molar-refractivity contribution in [3.05, 3.63) is 78.1 Å². The molecule has 0 aliphatic carbocycles. The number of hydrogen-bond acceptors (Lipinski definition) is 11. The van der Waals surface area contributed by atoms with Gasteiger partial charge in [0.1, 0.15) is 23.9 Å². The van der Waals surface area contributed by atoms with Gasteiger partial charge in [0.25, 0.3) is 0 Å². The highest BCUT2D eigenvalue weighted by molar-refractivity contribution is 5.84. The summed E-state index contributed by atoms with van der Waals surface area (Å²) in [4.78, 5) is 28.8. The standard InChI is InChI=1S/C33H41N7O6/c1-33(2,3)46-32(44)36-22-14-15-39(17-22)31-37-28(34-16-23(20-10-6-4-7-11-20)21-12-8-5-9-13-21)25-29(38-31)40(19-35-25)30-27(43)26(42)24(18-41)45-30/h4-13,19,22-24,26-27,30,41-43H,14-18H2,1-3H3,(H,36,44)(H,34,37,38)/t22-,24+,26+,27+,30+/m0/s1. The molecule has 0 radical (unpaired) electrons. The lowest BCUT2D eigenvalue weighted by Crippen LogP contribution is -2.40. The first-order chi connectivity index (χ1) is 22.1. The van der Waals surface area contributed by atoms with Gasteiger partial charge >= 0.3 is 6.09 Å². The number of anilines is 2. The maximum Gasteiger partial charge on any atom is 0.407 e. The second-order valence-electron chi connectivity index (χ2n) is 12.8. The van der Waals surface area contributed by atoms with Crippen LogP contribution in [0.5, 0.6) is 0 Å². The Labute approximate surface area is 267 Å². The summed E-state index contributed by atoms with van der Waals surface area (Å²) < 4.78 is 12.8. The summed E-state index contributed by atoms with van der Waals surface area (Å²) in [7, 11) is 0. The molecule has 2 saturated heterocycles. The van der Waals surface area contributed by atoms with E-state index in [4.69, 9.17) is 19.4 Å². The summed E-state index contributed by atoms with van der Waals surface area (Å²) in [5, 5.41) is 37.4. The number of amides is 1. The summed E-state index contributed by atoms with van der Waals surface area (Å²) in [6.45, 7) is 6.56. The smallest absolute Gasteiger partial charge is 0.407 e. The molecule has 6 rings (SSSR count).